The molecule has 1 aromatic rings. The van der Waals surface area contributed by atoms with Gasteiger partial charge in [0.15, 0.2) is 0 Å². The molecule has 1 rings (SSSR count). The lowest BCUT2D eigenvalue weighted by molar-refractivity contribution is 0.312. The van der Waals surface area contributed by atoms with E-state index in [1.807, 2.05) is 6.07 Å². The Balaban J connectivity index is 3.70. The molecule has 0 saturated heterocycles. The standard InChI is InChI=1S/C26H48O6P2Si/c1-8-13-14-15-16-19-24(6,7)35-23-20-21(25(9-2,10-3)33(27,28)29)17-18-22(23)26(11-4,12-5)34(30,31)32/h17-18,20H,8-16,19H2,1-7H3,(H2,27,28,29)(H2,30,31,32). The van der Waals surface area contributed by atoms with Crippen LogP contribution in [0, 0.1) is 0 Å². The smallest absolute Gasteiger partial charge is 0.324 e. The molecule has 0 fully saturated rings. The van der Waals surface area contributed by atoms with Crippen LogP contribution in [0.4, 0.5) is 0 Å². The van der Waals surface area contributed by atoms with E-state index in [1.165, 1.54) is 19.3 Å². The average molecular weight is 547 g/mol. The van der Waals surface area contributed by atoms with Crippen molar-refractivity contribution in [1.82, 2.24) is 0 Å². The monoisotopic (exact) mass is 546 g/mol. The Morgan fingerprint density at radius 3 is 1.66 bits per heavy atom. The van der Waals surface area contributed by atoms with Gasteiger partial charge in [-0.1, -0.05) is 110 Å². The van der Waals surface area contributed by atoms with Gasteiger partial charge in [-0.25, -0.2) is 0 Å². The summed E-state index contributed by atoms with van der Waals surface area (Å²) in [6.07, 6.45) is 8.01. The first-order valence-corrected chi connectivity index (χ1v) is 17.4. The molecular formula is C26H48O6P2Si. The predicted octanol–water partition coefficient (Wildman–Crippen LogP) is 6.96. The van der Waals surface area contributed by atoms with Gasteiger partial charge in [-0.2, -0.15) is 0 Å². The molecule has 0 heterocycles. The molecule has 0 aromatic heterocycles. The Labute approximate surface area is 215 Å². The first-order valence-electron chi connectivity index (χ1n) is 13.2. The number of hydrogen-bond acceptors (Lipinski definition) is 2. The SMILES string of the molecule is CCCCCCCC(C)(C)[Si]c1cc(C(CC)(CC)P(=O)(O)O)ccc1C(CC)(CC)P(=O)(O)O. The minimum Gasteiger partial charge on any atom is -0.324 e. The van der Waals surface area contributed by atoms with E-state index in [4.69, 9.17) is 0 Å². The van der Waals surface area contributed by atoms with Gasteiger partial charge < -0.3 is 19.6 Å². The van der Waals surface area contributed by atoms with Gasteiger partial charge in [0, 0.05) is 0 Å². The largest absolute Gasteiger partial charge is 0.335 e. The molecule has 0 unspecified atom stereocenters. The fourth-order valence-electron chi connectivity index (χ4n) is 5.38. The van der Waals surface area contributed by atoms with E-state index in [1.54, 1.807) is 39.8 Å². The second-order valence-electron chi connectivity index (χ2n) is 10.5. The summed E-state index contributed by atoms with van der Waals surface area (Å²) < 4.78 is 25.5. The lowest BCUT2D eigenvalue weighted by Gasteiger charge is -2.38. The maximum Gasteiger partial charge on any atom is 0.335 e. The van der Waals surface area contributed by atoms with Crippen molar-refractivity contribution >= 4 is 29.9 Å². The Hall–Kier alpha value is -0.263. The van der Waals surface area contributed by atoms with E-state index in [0.717, 1.165) is 24.4 Å². The van der Waals surface area contributed by atoms with Crippen LogP contribution in [0.25, 0.3) is 0 Å². The molecule has 4 N–H and O–H groups in total. The van der Waals surface area contributed by atoms with Crippen molar-refractivity contribution in [2.75, 3.05) is 0 Å². The summed E-state index contributed by atoms with van der Waals surface area (Å²) in [5.74, 6) is 0. The summed E-state index contributed by atoms with van der Waals surface area (Å²) in [7, 11) is -8.72. The van der Waals surface area contributed by atoms with Crippen molar-refractivity contribution in [2.45, 2.75) is 128 Å². The predicted molar refractivity (Wildman–Crippen MR) is 148 cm³/mol. The van der Waals surface area contributed by atoms with E-state index < -0.39 is 25.5 Å². The van der Waals surface area contributed by atoms with Crippen LogP contribution in [-0.2, 0) is 19.4 Å². The highest BCUT2D eigenvalue weighted by molar-refractivity contribution is 7.53. The van der Waals surface area contributed by atoms with Crippen LogP contribution in [0.2, 0.25) is 5.04 Å². The average Bonchev–Trinajstić information content (AvgIpc) is 2.75. The molecule has 2 radical (unpaired) electrons. The lowest BCUT2D eigenvalue weighted by Crippen LogP contribution is -2.38. The van der Waals surface area contributed by atoms with Crippen molar-refractivity contribution in [3.05, 3.63) is 29.3 Å². The van der Waals surface area contributed by atoms with Gasteiger partial charge >= 0.3 is 15.2 Å². The summed E-state index contributed by atoms with van der Waals surface area (Å²) in [5.41, 5.74) is 1.19. The summed E-state index contributed by atoms with van der Waals surface area (Å²) in [6, 6.07) is 5.30. The second-order valence-corrected chi connectivity index (χ2v) is 16.5. The minimum atomic E-state index is -4.51. The highest BCUT2D eigenvalue weighted by atomic mass is 31.2. The Morgan fingerprint density at radius 1 is 0.743 bits per heavy atom. The van der Waals surface area contributed by atoms with Crippen molar-refractivity contribution in [2.24, 2.45) is 0 Å². The molecule has 202 valence electrons. The molecular weight excluding hydrogens is 498 g/mol. The van der Waals surface area contributed by atoms with E-state index in [0.29, 0.717) is 11.1 Å². The molecule has 0 saturated carbocycles. The third-order valence-corrected chi connectivity index (χ3v) is 13.5. The first kappa shape index (κ1) is 32.8. The third kappa shape index (κ3) is 7.41. The normalized spacial score (nSPS) is 13.9. The van der Waals surface area contributed by atoms with E-state index >= 15 is 0 Å². The maximum atomic E-state index is 12.8. The molecule has 35 heavy (non-hydrogen) atoms. The Bertz CT molecular complexity index is 897. The number of benzene rings is 1. The minimum absolute atomic E-state index is 0.0923. The van der Waals surface area contributed by atoms with Gasteiger partial charge in [-0.15, -0.1) is 0 Å². The summed E-state index contributed by atoms with van der Waals surface area (Å²) in [4.78, 5) is 41.6. The molecule has 0 spiro atoms. The quantitative estimate of drug-likeness (QED) is 0.101. The van der Waals surface area contributed by atoms with Crippen LogP contribution in [0.1, 0.15) is 124 Å². The van der Waals surface area contributed by atoms with Gasteiger partial charge in [0.05, 0.1) is 19.8 Å². The van der Waals surface area contributed by atoms with Gasteiger partial charge in [0.1, 0.15) is 0 Å². The van der Waals surface area contributed by atoms with Crippen LogP contribution < -0.4 is 5.19 Å². The third-order valence-electron chi connectivity index (χ3n) is 7.89. The zero-order chi connectivity index (χ0) is 27.1. The van der Waals surface area contributed by atoms with Crippen molar-refractivity contribution in [1.29, 1.82) is 0 Å². The molecule has 0 atom stereocenters. The molecule has 0 bridgehead atoms. The van der Waals surface area contributed by atoms with E-state index in [2.05, 4.69) is 20.8 Å². The topological polar surface area (TPSA) is 115 Å². The van der Waals surface area contributed by atoms with Gasteiger partial charge in [0.25, 0.3) is 0 Å². The van der Waals surface area contributed by atoms with Crippen LogP contribution in [0.3, 0.4) is 0 Å². The molecule has 0 aliphatic carbocycles. The van der Waals surface area contributed by atoms with Crippen LogP contribution in [-0.4, -0.2) is 29.1 Å². The number of rotatable bonds is 16. The molecule has 0 aliphatic rings. The second kappa shape index (κ2) is 13.0. The highest BCUT2D eigenvalue weighted by Gasteiger charge is 2.49. The molecule has 1 aromatic carbocycles. The maximum absolute atomic E-state index is 12.8. The zero-order valence-electron chi connectivity index (χ0n) is 22.8. The Kier molecular flexibility index (Phi) is 12.2. The fraction of sp³-hybridized carbons (Fsp3) is 0.769. The van der Waals surface area contributed by atoms with Gasteiger partial charge in [-0.05, 0) is 41.8 Å². The van der Waals surface area contributed by atoms with Crippen LogP contribution in [0.5, 0.6) is 0 Å². The number of hydrogen-bond donors (Lipinski definition) is 4. The summed E-state index contributed by atoms with van der Waals surface area (Å²) in [6.45, 7) is 13.8. The van der Waals surface area contributed by atoms with Crippen molar-refractivity contribution < 1.29 is 28.7 Å². The zero-order valence-corrected chi connectivity index (χ0v) is 25.6. The van der Waals surface area contributed by atoms with E-state index in [-0.39, 0.29) is 40.2 Å². The van der Waals surface area contributed by atoms with Crippen molar-refractivity contribution in [3.8, 4) is 0 Å². The Morgan fingerprint density at radius 2 is 1.23 bits per heavy atom. The fourth-order valence-corrected chi connectivity index (χ4v) is 9.83. The first-order chi connectivity index (χ1) is 16.1. The number of unbranched alkanes of at least 4 members (excludes halogenated alkanes) is 4. The molecule has 9 heteroatoms. The lowest BCUT2D eigenvalue weighted by atomic mass is 9.87. The highest BCUT2D eigenvalue weighted by Crippen LogP contribution is 2.63. The summed E-state index contributed by atoms with van der Waals surface area (Å²) in [5, 5.41) is -1.88. The van der Waals surface area contributed by atoms with Crippen molar-refractivity contribution in [3.63, 3.8) is 0 Å². The van der Waals surface area contributed by atoms with E-state index in [9.17, 15) is 28.7 Å². The van der Waals surface area contributed by atoms with Gasteiger partial charge in [-0.3, -0.25) is 9.13 Å². The van der Waals surface area contributed by atoms with Gasteiger partial charge in [0.2, 0.25) is 0 Å². The van der Waals surface area contributed by atoms with Crippen LogP contribution >= 0.6 is 15.2 Å². The molecule has 6 nitrogen and oxygen atoms in total. The summed E-state index contributed by atoms with van der Waals surface area (Å²) >= 11 is 0. The molecule has 0 aliphatic heterocycles. The van der Waals surface area contributed by atoms with Crippen LogP contribution in [0.15, 0.2) is 18.2 Å². The molecule has 0 amide bonds.